The van der Waals surface area contributed by atoms with Crippen LogP contribution >= 0.6 is 0 Å². The Balaban J connectivity index is 1.70. The van der Waals surface area contributed by atoms with Gasteiger partial charge >= 0.3 is 0 Å². The molecule has 1 aliphatic carbocycles. The summed E-state index contributed by atoms with van der Waals surface area (Å²) in [7, 11) is 0. The van der Waals surface area contributed by atoms with Crippen molar-refractivity contribution < 1.29 is 9.84 Å². The molecule has 102 valence electrons. The molecule has 2 rings (SSSR count). The zero-order valence-corrected chi connectivity index (χ0v) is 11.2. The number of nitrogens with zero attached hydrogens (tertiary/aromatic N) is 1. The molecule has 2 N–H and O–H groups in total. The van der Waals surface area contributed by atoms with E-state index < -0.39 is 6.10 Å². The molecule has 1 aliphatic rings. The summed E-state index contributed by atoms with van der Waals surface area (Å²) in [5.41, 5.74) is 0.808. The third-order valence-corrected chi connectivity index (χ3v) is 3.65. The molecule has 1 unspecified atom stereocenters. The van der Waals surface area contributed by atoms with E-state index in [1.54, 1.807) is 24.3 Å². The molecule has 19 heavy (non-hydrogen) atoms. The van der Waals surface area contributed by atoms with Crippen molar-refractivity contribution in [2.24, 2.45) is 0 Å². The van der Waals surface area contributed by atoms with Crippen LogP contribution in [0.25, 0.3) is 0 Å². The van der Waals surface area contributed by atoms with E-state index in [0.717, 1.165) is 0 Å². The zero-order chi connectivity index (χ0) is 13.7. The number of aliphatic hydroxyl groups is 1. The molecule has 0 saturated heterocycles. The SMILES string of the molecule is CC1(NCC(O)COc2ccc(C#N)cc2)CCC1. The topological polar surface area (TPSA) is 65.3 Å². The summed E-state index contributed by atoms with van der Waals surface area (Å²) in [5, 5.41) is 21.9. The fourth-order valence-electron chi connectivity index (χ4n) is 2.13. The first-order valence-corrected chi connectivity index (χ1v) is 6.67. The molecule has 0 heterocycles. The molecule has 1 aromatic carbocycles. The monoisotopic (exact) mass is 260 g/mol. The maximum Gasteiger partial charge on any atom is 0.119 e. The highest BCUT2D eigenvalue weighted by molar-refractivity contribution is 5.34. The Morgan fingerprint density at radius 1 is 1.42 bits per heavy atom. The summed E-state index contributed by atoms with van der Waals surface area (Å²) in [6.07, 6.45) is 3.10. The van der Waals surface area contributed by atoms with Gasteiger partial charge in [0.15, 0.2) is 0 Å². The minimum absolute atomic E-state index is 0.204. The second-order valence-electron chi connectivity index (χ2n) is 5.40. The number of ether oxygens (including phenoxy) is 1. The summed E-state index contributed by atoms with van der Waals surface area (Å²) >= 11 is 0. The largest absolute Gasteiger partial charge is 0.491 e. The lowest BCUT2D eigenvalue weighted by Gasteiger charge is -2.40. The van der Waals surface area contributed by atoms with E-state index in [4.69, 9.17) is 10.00 Å². The van der Waals surface area contributed by atoms with E-state index in [9.17, 15) is 5.11 Å². The van der Waals surface area contributed by atoms with Crippen LogP contribution in [0.4, 0.5) is 0 Å². The third kappa shape index (κ3) is 3.95. The molecule has 4 heteroatoms. The fourth-order valence-corrected chi connectivity index (χ4v) is 2.13. The zero-order valence-electron chi connectivity index (χ0n) is 11.2. The van der Waals surface area contributed by atoms with E-state index in [-0.39, 0.29) is 12.1 Å². The van der Waals surface area contributed by atoms with Gasteiger partial charge in [-0.15, -0.1) is 0 Å². The lowest BCUT2D eigenvalue weighted by atomic mass is 9.78. The first-order valence-electron chi connectivity index (χ1n) is 6.67. The van der Waals surface area contributed by atoms with Gasteiger partial charge < -0.3 is 15.2 Å². The number of nitriles is 1. The van der Waals surface area contributed by atoms with Crippen molar-refractivity contribution in [3.05, 3.63) is 29.8 Å². The predicted octanol–water partition coefficient (Wildman–Crippen LogP) is 1.83. The van der Waals surface area contributed by atoms with E-state index >= 15 is 0 Å². The number of rotatable bonds is 6. The Kier molecular flexibility index (Phi) is 4.41. The van der Waals surface area contributed by atoms with Gasteiger partial charge in [-0.25, -0.2) is 0 Å². The van der Waals surface area contributed by atoms with Crippen molar-refractivity contribution >= 4 is 0 Å². The van der Waals surface area contributed by atoms with Crippen LogP contribution in [0.2, 0.25) is 0 Å². The van der Waals surface area contributed by atoms with Gasteiger partial charge in [-0.1, -0.05) is 0 Å². The van der Waals surface area contributed by atoms with Crippen molar-refractivity contribution in [1.82, 2.24) is 5.32 Å². The molecule has 0 radical (unpaired) electrons. The van der Waals surface area contributed by atoms with Gasteiger partial charge in [0, 0.05) is 12.1 Å². The van der Waals surface area contributed by atoms with Crippen LogP contribution in [0.15, 0.2) is 24.3 Å². The maximum absolute atomic E-state index is 9.85. The van der Waals surface area contributed by atoms with E-state index in [0.29, 0.717) is 17.9 Å². The van der Waals surface area contributed by atoms with Crippen molar-refractivity contribution in [3.8, 4) is 11.8 Å². The summed E-state index contributed by atoms with van der Waals surface area (Å²) in [4.78, 5) is 0. The number of hydrogen-bond acceptors (Lipinski definition) is 4. The number of aliphatic hydroxyl groups excluding tert-OH is 1. The quantitative estimate of drug-likeness (QED) is 0.819. The number of nitrogens with one attached hydrogen (secondary N) is 1. The van der Waals surface area contributed by atoms with Gasteiger partial charge in [0.05, 0.1) is 11.6 Å². The van der Waals surface area contributed by atoms with Crippen LogP contribution < -0.4 is 10.1 Å². The highest BCUT2D eigenvalue weighted by Gasteiger charge is 2.31. The molecule has 0 aliphatic heterocycles. The van der Waals surface area contributed by atoms with Crippen LogP contribution in [-0.4, -0.2) is 29.9 Å². The van der Waals surface area contributed by atoms with Crippen LogP contribution in [0.3, 0.4) is 0 Å². The third-order valence-electron chi connectivity index (χ3n) is 3.65. The summed E-state index contributed by atoms with van der Waals surface area (Å²) < 4.78 is 5.48. The molecular formula is C15H20N2O2. The van der Waals surface area contributed by atoms with Crippen molar-refractivity contribution in [1.29, 1.82) is 5.26 Å². The van der Waals surface area contributed by atoms with Crippen LogP contribution in [0.1, 0.15) is 31.7 Å². The molecule has 0 spiro atoms. The molecule has 1 atom stereocenters. The Morgan fingerprint density at radius 2 is 2.11 bits per heavy atom. The summed E-state index contributed by atoms with van der Waals surface area (Å²) in [5.74, 6) is 0.674. The molecule has 1 fully saturated rings. The lowest BCUT2D eigenvalue weighted by molar-refractivity contribution is 0.0868. The van der Waals surface area contributed by atoms with Crippen LogP contribution in [0, 0.1) is 11.3 Å². The molecule has 0 aromatic heterocycles. The predicted molar refractivity (Wildman–Crippen MR) is 72.9 cm³/mol. The molecule has 0 amide bonds. The Morgan fingerprint density at radius 3 is 2.63 bits per heavy atom. The van der Waals surface area contributed by atoms with Crippen LogP contribution in [-0.2, 0) is 0 Å². The van der Waals surface area contributed by atoms with Crippen LogP contribution in [0.5, 0.6) is 5.75 Å². The minimum Gasteiger partial charge on any atom is -0.491 e. The van der Waals surface area contributed by atoms with Crippen molar-refractivity contribution in [3.63, 3.8) is 0 Å². The van der Waals surface area contributed by atoms with Gasteiger partial charge in [0.25, 0.3) is 0 Å². The number of hydrogen-bond donors (Lipinski definition) is 2. The fraction of sp³-hybridized carbons (Fsp3) is 0.533. The van der Waals surface area contributed by atoms with Gasteiger partial charge in [-0.2, -0.15) is 5.26 Å². The van der Waals surface area contributed by atoms with E-state index in [1.807, 2.05) is 0 Å². The molecule has 0 bridgehead atoms. The molecule has 1 aromatic rings. The lowest BCUT2D eigenvalue weighted by Crippen LogP contribution is -2.51. The van der Waals surface area contributed by atoms with Crippen molar-refractivity contribution in [2.75, 3.05) is 13.2 Å². The van der Waals surface area contributed by atoms with Gasteiger partial charge in [0.2, 0.25) is 0 Å². The minimum atomic E-state index is -0.520. The highest BCUT2D eigenvalue weighted by atomic mass is 16.5. The summed E-state index contributed by atoms with van der Waals surface area (Å²) in [6.45, 7) is 2.99. The average molecular weight is 260 g/mol. The number of β-amino-alcohol motifs (C(OH)–C–C–N with tert-alkyl or cyclic N) is 1. The average Bonchev–Trinajstić information content (AvgIpc) is 2.41. The molecular weight excluding hydrogens is 240 g/mol. The Hall–Kier alpha value is -1.57. The first-order chi connectivity index (χ1) is 9.11. The van der Waals surface area contributed by atoms with Gasteiger partial charge in [0.1, 0.15) is 18.5 Å². The van der Waals surface area contributed by atoms with Gasteiger partial charge in [-0.3, -0.25) is 0 Å². The molecule has 1 saturated carbocycles. The van der Waals surface area contributed by atoms with Crippen molar-refractivity contribution in [2.45, 2.75) is 37.8 Å². The van der Waals surface area contributed by atoms with E-state index in [2.05, 4.69) is 18.3 Å². The van der Waals surface area contributed by atoms with E-state index in [1.165, 1.54) is 19.3 Å². The van der Waals surface area contributed by atoms with Gasteiger partial charge in [-0.05, 0) is 50.5 Å². The second kappa shape index (κ2) is 6.05. The summed E-state index contributed by atoms with van der Waals surface area (Å²) in [6, 6.07) is 8.95. The molecule has 4 nitrogen and oxygen atoms in total. The highest BCUT2D eigenvalue weighted by Crippen LogP contribution is 2.30. The normalized spacial score (nSPS) is 18.2. The standard InChI is InChI=1S/C15H20N2O2/c1-15(7-2-8-15)17-10-13(18)11-19-14-5-3-12(9-16)4-6-14/h3-6,13,17-18H,2,7-8,10-11H2,1H3. The first kappa shape index (κ1) is 13.9. The second-order valence-corrected chi connectivity index (χ2v) is 5.40. The Labute approximate surface area is 114 Å². The Bertz CT molecular complexity index is 446. The number of benzene rings is 1. The maximum atomic E-state index is 9.85. The smallest absolute Gasteiger partial charge is 0.119 e.